The average molecular weight is 231 g/mol. The van der Waals surface area contributed by atoms with Crippen LogP contribution < -0.4 is 4.90 Å². The van der Waals surface area contributed by atoms with Gasteiger partial charge in [-0.1, -0.05) is 31.4 Å². The molecule has 2 aliphatic rings. The summed E-state index contributed by atoms with van der Waals surface area (Å²) in [5, 5.41) is 9.31. The number of benzene rings is 1. The van der Waals surface area contributed by atoms with Crippen LogP contribution in [0.15, 0.2) is 18.2 Å². The van der Waals surface area contributed by atoms with Crippen molar-refractivity contribution in [1.29, 1.82) is 0 Å². The molecule has 1 saturated carbocycles. The van der Waals surface area contributed by atoms with E-state index in [1.54, 1.807) is 0 Å². The lowest BCUT2D eigenvalue weighted by Gasteiger charge is -2.34. The molecule has 2 heteroatoms. The predicted molar refractivity (Wildman–Crippen MR) is 70.4 cm³/mol. The highest BCUT2D eigenvalue weighted by Gasteiger charge is 2.41. The molecule has 0 radical (unpaired) electrons. The van der Waals surface area contributed by atoms with Crippen molar-refractivity contribution >= 4 is 5.69 Å². The van der Waals surface area contributed by atoms with Crippen LogP contribution >= 0.6 is 0 Å². The SMILES string of the molecule is CN1CC2(CCCCC2)c2cc(CO)ccc21. The van der Waals surface area contributed by atoms with Crippen LogP contribution in [0, 0.1) is 0 Å². The summed E-state index contributed by atoms with van der Waals surface area (Å²) in [4.78, 5) is 2.39. The van der Waals surface area contributed by atoms with Gasteiger partial charge < -0.3 is 10.0 Å². The molecule has 1 heterocycles. The van der Waals surface area contributed by atoms with Gasteiger partial charge >= 0.3 is 0 Å². The number of aliphatic hydroxyl groups excluding tert-OH is 1. The first kappa shape index (κ1) is 11.1. The van der Waals surface area contributed by atoms with Crippen molar-refractivity contribution in [2.75, 3.05) is 18.5 Å². The molecule has 1 aromatic rings. The number of hydrogen-bond acceptors (Lipinski definition) is 2. The van der Waals surface area contributed by atoms with Gasteiger partial charge in [0.25, 0.3) is 0 Å². The lowest BCUT2D eigenvalue weighted by Crippen LogP contribution is -2.33. The summed E-state index contributed by atoms with van der Waals surface area (Å²) in [6, 6.07) is 6.48. The fraction of sp³-hybridized carbons (Fsp3) is 0.600. The Labute approximate surface area is 103 Å². The summed E-state index contributed by atoms with van der Waals surface area (Å²) in [6.07, 6.45) is 6.74. The Morgan fingerprint density at radius 1 is 1.24 bits per heavy atom. The Morgan fingerprint density at radius 3 is 2.71 bits per heavy atom. The van der Waals surface area contributed by atoms with Gasteiger partial charge in [0.1, 0.15) is 0 Å². The van der Waals surface area contributed by atoms with Gasteiger partial charge in [0.15, 0.2) is 0 Å². The molecule has 1 aliphatic heterocycles. The van der Waals surface area contributed by atoms with Gasteiger partial charge in [-0.3, -0.25) is 0 Å². The van der Waals surface area contributed by atoms with Gasteiger partial charge in [0.2, 0.25) is 0 Å². The standard InChI is InChI=1S/C15H21NO/c1-16-11-15(7-3-2-4-8-15)13-9-12(10-17)5-6-14(13)16/h5-6,9,17H,2-4,7-8,10-11H2,1H3. The molecule has 17 heavy (non-hydrogen) atoms. The largest absolute Gasteiger partial charge is 0.392 e. The molecule has 1 N–H and O–H groups in total. The van der Waals surface area contributed by atoms with Crippen LogP contribution in [0.25, 0.3) is 0 Å². The number of nitrogens with zero attached hydrogens (tertiary/aromatic N) is 1. The van der Waals surface area contributed by atoms with Crippen molar-refractivity contribution in [2.45, 2.75) is 44.1 Å². The van der Waals surface area contributed by atoms with Gasteiger partial charge in [-0.2, -0.15) is 0 Å². The number of rotatable bonds is 1. The van der Waals surface area contributed by atoms with Crippen LogP contribution in [-0.2, 0) is 12.0 Å². The maximum atomic E-state index is 9.31. The molecule has 1 spiro atoms. The highest BCUT2D eigenvalue weighted by atomic mass is 16.3. The van der Waals surface area contributed by atoms with Crippen molar-refractivity contribution in [3.63, 3.8) is 0 Å². The molecule has 0 saturated heterocycles. The van der Waals surface area contributed by atoms with E-state index in [9.17, 15) is 5.11 Å². The smallest absolute Gasteiger partial charge is 0.0681 e. The van der Waals surface area contributed by atoms with E-state index in [1.165, 1.54) is 43.4 Å². The molecule has 0 amide bonds. The van der Waals surface area contributed by atoms with Crippen LogP contribution in [0.5, 0.6) is 0 Å². The number of likely N-dealkylation sites (N-methyl/N-ethyl adjacent to an activating group) is 1. The van der Waals surface area contributed by atoms with Crippen molar-refractivity contribution in [3.8, 4) is 0 Å². The van der Waals surface area contributed by atoms with Crippen molar-refractivity contribution in [2.24, 2.45) is 0 Å². The number of hydrogen-bond donors (Lipinski definition) is 1. The summed E-state index contributed by atoms with van der Waals surface area (Å²) in [5.74, 6) is 0. The molecule has 92 valence electrons. The fourth-order valence-corrected chi connectivity index (χ4v) is 3.72. The van der Waals surface area contributed by atoms with E-state index in [-0.39, 0.29) is 6.61 Å². The van der Waals surface area contributed by atoms with E-state index in [0.29, 0.717) is 5.41 Å². The van der Waals surface area contributed by atoms with E-state index in [2.05, 4.69) is 30.1 Å². The molecule has 1 aliphatic carbocycles. The minimum Gasteiger partial charge on any atom is -0.392 e. The Kier molecular flexibility index (Phi) is 2.62. The number of fused-ring (bicyclic) bond motifs is 2. The quantitative estimate of drug-likeness (QED) is 0.803. The highest BCUT2D eigenvalue weighted by Crippen LogP contribution is 2.48. The molecular formula is C15H21NO. The fourth-order valence-electron chi connectivity index (χ4n) is 3.72. The minimum absolute atomic E-state index is 0.160. The molecule has 1 aromatic carbocycles. The van der Waals surface area contributed by atoms with Crippen molar-refractivity contribution in [3.05, 3.63) is 29.3 Å². The lowest BCUT2D eigenvalue weighted by molar-refractivity contribution is 0.280. The molecule has 0 atom stereocenters. The van der Waals surface area contributed by atoms with E-state index >= 15 is 0 Å². The molecule has 0 bridgehead atoms. The van der Waals surface area contributed by atoms with E-state index < -0.39 is 0 Å². The van der Waals surface area contributed by atoms with Crippen molar-refractivity contribution < 1.29 is 5.11 Å². The summed E-state index contributed by atoms with van der Waals surface area (Å²) in [5.41, 5.74) is 4.31. The summed E-state index contributed by atoms with van der Waals surface area (Å²) in [6.45, 7) is 1.32. The summed E-state index contributed by atoms with van der Waals surface area (Å²) in [7, 11) is 2.20. The summed E-state index contributed by atoms with van der Waals surface area (Å²) < 4.78 is 0. The van der Waals surface area contributed by atoms with Crippen LogP contribution in [0.1, 0.15) is 43.2 Å². The topological polar surface area (TPSA) is 23.5 Å². The van der Waals surface area contributed by atoms with Gasteiger partial charge in [0.05, 0.1) is 6.61 Å². The first-order valence-electron chi connectivity index (χ1n) is 6.71. The maximum Gasteiger partial charge on any atom is 0.0681 e. The van der Waals surface area contributed by atoms with Gasteiger partial charge in [0, 0.05) is 24.7 Å². The molecule has 2 nitrogen and oxygen atoms in total. The zero-order valence-electron chi connectivity index (χ0n) is 10.6. The van der Waals surface area contributed by atoms with Crippen LogP contribution in [0.4, 0.5) is 5.69 Å². The lowest BCUT2D eigenvalue weighted by atomic mass is 9.70. The number of aliphatic hydroxyl groups is 1. The second-order valence-corrected chi connectivity index (χ2v) is 5.71. The average Bonchev–Trinajstić information content (AvgIpc) is 2.63. The monoisotopic (exact) mass is 231 g/mol. The third-order valence-corrected chi connectivity index (χ3v) is 4.58. The Hall–Kier alpha value is -1.02. The third-order valence-electron chi connectivity index (χ3n) is 4.58. The highest BCUT2D eigenvalue weighted by molar-refractivity contribution is 5.63. The number of anilines is 1. The molecule has 3 rings (SSSR count). The molecule has 0 unspecified atom stereocenters. The maximum absolute atomic E-state index is 9.31. The van der Waals surface area contributed by atoms with Crippen LogP contribution in [-0.4, -0.2) is 18.7 Å². The minimum atomic E-state index is 0.160. The van der Waals surface area contributed by atoms with E-state index in [0.717, 1.165) is 12.1 Å². The van der Waals surface area contributed by atoms with Gasteiger partial charge in [-0.25, -0.2) is 0 Å². The van der Waals surface area contributed by atoms with E-state index in [1.807, 2.05) is 0 Å². The molecule has 1 fully saturated rings. The van der Waals surface area contributed by atoms with Crippen LogP contribution in [0.2, 0.25) is 0 Å². The van der Waals surface area contributed by atoms with Crippen LogP contribution in [0.3, 0.4) is 0 Å². The van der Waals surface area contributed by atoms with E-state index in [4.69, 9.17) is 0 Å². The Balaban J connectivity index is 2.06. The van der Waals surface area contributed by atoms with Gasteiger partial charge in [-0.05, 0) is 30.0 Å². The zero-order chi connectivity index (χ0) is 11.9. The van der Waals surface area contributed by atoms with Crippen molar-refractivity contribution in [1.82, 2.24) is 0 Å². The second-order valence-electron chi connectivity index (χ2n) is 5.71. The first-order valence-corrected chi connectivity index (χ1v) is 6.71. The van der Waals surface area contributed by atoms with Gasteiger partial charge in [-0.15, -0.1) is 0 Å². The predicted octanol–water partition coefficient (Wildman–Crippen LogP) is 2.83. The molecule has 0 aromatic heterocycles. The molecular weight excluding hydrogens is 210 g/mol. The zero-order valence-corrected chi connectivity index (χ0v) is 10.6. The first-order chi connectivity index (χ1) is 8.25. The Morgan fingerprint density at radius 2 is 2.00 bits per heavy atom. The second kappa shape index (κ2) is 4.02. The Bertz CT molecular complexity index is 421. The third kappa shape index (κ3) is 1.66. The summed E-state index contributed by atoms with van der Waals surface area (Å²) >= 11 is 0. The normalized spacial score (nSPS) is 21.9.